The molecule has 0 aromatic heterocycles. The normalized spacial score (nSPS) is 14.3. The Kier molecular flexibility index (Phi) is 9.77. The fourth-order valence-electron chi connectivity index (χ4n) is 3.15. The minimum atomic E-state index is -0.243. The van der Waals surface area contributed by atoms with Crippen LogP contribution in [0.15, 0.2) is 41.4 Å². The average molecular weight is 530 g/mol. The zero-order valence-electron chi connectivity index (χ0n) is 17.4. The fraction of sp³-hybridized carbons (Fsp3) is 0.409. The molecular weight excluding hydrogens is 501 g/mol. The summed E-state index contributed by atoms with van der Waals surface area (Å²) in [6, 6.07) is 10.4. The van der Waals surface area contributed by atoms with E-state index in [0.717, 1.165) is 11.1 Å². The average Bonchev–Trinajstić information content (AvgIpc) is 2.73. The molecule has 2 aromatic rings. The van der Waals surface area contributed by atoms with E-state index in [1.807, 2.05) is 24.0 Å². The van der Waals surface area contributed by atoms with Crippen molar-refractivity contribution in [1.82, 2.24) is 10.6 Å². The van der Waals surface area contributed by atoms with Gasteiger partial charge in [0.05, 0.1) is 25.4 Å². The summed E-state index contributed by atoms with van der Waals surface area (Å²) in [4.78, 5) is 6.52. The number of anilines is 1. The van der Waals surface area contributed by atoms with Crippen molar-refractivity contribution in [2.24, 2.45) is 4.99 Å². The van der Waals surface area contributed by atoms with Gasteiger partial charge in [0, 0.05) is 26.2 Å². The summed E-state index contributed by atoms with van der Waals surface area (Å²) in [7, 11) is 0. The van der Waals surface area contributed by atoms with Gasteiger partial charge in [-0.05, 0) is 48.7 Å². The highest BCUT2D eigenvalue weighted by Crippen LogP contribution is 2.22. The molecule has 1 heterocycles. The molecule has 30 heavy (non-hydrogen) atoms. The van der Waals surface area contributed by atoms with E-state index in [4.69, 9.17) is 4.74 Å². The van der Waals surface area contributed by atoms with Gasteiger partial charge in [0.15, 0.2) is 5.96 Å². The Bertz CT molecular complexity index is 857. The Balaban J connectivity index is 0.00000320. The van der Waals surface area contributed by atoms with E-state index in [1.165, 1.54) is 12.1 Å². The maximum Gasteiger partial charge on any atom is 0.191 e. The van der Waals surface area contributed by atoms with E-state index in [0.29, 0.717) is 63.1 Å². The maximum atomic E-state index is 14.5. The summed E-state index contributed by atoms with van der Waals surface area (Å²) < 4.78 is 33.6. The highest BCUT2D eigenvalue weighted by atomic mass is 127. The summed E-state index contributed by atoms with van der Waals surface area (Å²) in [5.41, 5.74) is 2.85. The fourth-order valence-corrected chi connectivity index (χ4v) is 3.15. The highest BCUT2D eigenvalue weighted by molar-refractivity contribution is 14.0. The lowest BCUT2D eigenvalue weighted by Gasteiger charge is -2.29. The number of halogens is 3. The summed E-state index contributed by atoms with van der Waals surface area (Å²) in [5.74, 6) is 0.140. The molecule has 3 rings (SSSR count). The van der Waals surface area contributed by atoms with Gasteiger partial charge in [-0.1, -0.05) is 18.2 Å². The van der Waals surface area contributed by atoms with Gasteiger partial charge in [-0.15, -0.1) is 24.0 Å². The molecule has 0 aliphatic carbocycles. The van der Waals surface area contributed by atoms with Crippen molar-refractivity contribution in [3.63, 3.8) is 0 Å². The summed E-state index contributed by atoms with van der Waals surface area (Å²) >= 11 is 0. The molecule has 164 valence electrons. The maximum absolute atomic E-state index is 14.5. The lowest BCUT2D eigenvalue weighted by molar-refractivity contribution is 0.122. The SMILES string of the molecule is CCNC(=NCc1ccc(N2CCOCC2)c(F)c1)NCc1ccc(C)c(F)c1.I. The first kappa shape index (κ1) is 24.3. The second-order valence-electron chi connectivity index (χ2n) is 7.02. The van der Waals surface area contributed by atoms with Crippen LogP contribution in [0.25, 0.3) is 0 Å². The number of hydrogen-bond acceptors (Lipinski definition) is 3. The number of nitrogens with one attached hydrogen (secondary N) is 2. The van der Waals surface area contributed by atoms with Crippen LogP contribution in [-0.4, -0.2) is 38.8 Å². The number of ether oxygens (including phenoxy) is 1. The van der Waals surface area contributed by atoms with E-state index >= 15 is 0 Å². The third-order valence-corrected chi connectivity index (χ3v) is 4.82. The number of benzene rings is 2. The molecule has 0 radical (unpaired) electrons. The van der Waals surface area contributed by atoms with E-state index in [2.05, 4.69) is 15.6 Å². The molecule has 1 aliphatic rings. The molecule has 5 nitrogen and oxygen atoms in total. The number of aliphatic imine (C=N–C) groups is 1. The van der Waals surface area contributed by atoms with E-state index in [9.17, 15) is 8.78 Å². The first-order chi connectivity index (χ1) is 14.1. The molecule has 1 fully saturated rings. The number of nitrogens with zero attached hydrogens (tertiary/aromatic N) is 2. The third-order valence-electron chi connectivity index (χ3n) is 4.82. The number of morpholine rings is 1. The van der Waals surface area contributed by atoms with Gasteiger partial charge in [-0.3, -0.25) is 0 Å². The van der Waals surface area contributed by atoms with Crippen molar-refractivity contribution in [3.8, 4) is 0 Å². The van der Waals surface area contributed by atoms with Crippen LogP contribution >= 0.6 is 24.0 Å². The van der Waals surface area contributed by atoms with Crippen LogP contribution in [0.5, 0.6) is 0 Å². The molecule has 0 amide bonds. The zero-order chi connectivity index (χ0) is 20.6. The topological polar surface area (TPSA) is 48.9 Å². The highest BCUT2D eigenvalue weighted by Gasteiger charge is 2.15. The largest absolute Gasteiger partial charge is 0.378 e. The molecule has 0 bridgehead atoms. The van der Waals surface area contributed by atoms with Crippen molar-refractivity contribution in [2.45, 2.75) is 26.9 Å². The van der Waals surface area contributed by atoms with Crippen LogP contribution in [0.2, 0.25) is 0 Å². The quantitative estimate of drug-likeness (QED) is 0.337. The van der Waals surface area contributed by atoms with Crippen molar-refractivity contribution in [1.29, 1.82) is 0 Å². The zero-order valence-corrected chi connectivity index (χ0v) is 19.7. The monoisotopic (exact) mass is 530 g/mol. The molecule has 0 spiro atoms. The van der Waals surface area contributed by atoms with Crippen LogP contribution < -0.4 is 15.5 Å². The molecule has 2 aromatic carbocycles. The minimum Gasteiger partial charge on any atom is -0.378 e. The molecular formula is C22H29F2IN4O. The summed E-state index contributed by atoms with van der Waals surface area (Å²) in [5, 5.41) is 6.34. The van der Waals surface area contributed by atoms with Crippen LogP contribution in [0.1, 0.15) is 23.6 Å². The van der Waals surface area contributed by atoms with Crippen molar-refractivity contribution in [3.05, 3.63) is 64.7 Å². The van der Waals surface area contributed by atoms with Gasteiger partial charge in [-0.25, -0.2) is 13.8 Å². The van der Waals surface area contributed by atoms with Crippen LogP contribution in [0.4, 0.5) is 14.5 Å². The van der Waals surface area contributed by atoms with E-state index < -0.39 is 0 Å². The number of guanidine groups is 1. The first-order valence-electron chi connectivity index (χ1n) is 9.95. The van der Waals surface area contributed by atoms with Crippen molar-refractivity contribution >= 4 is 35.6 Å². The predicted octanol–water partition coefficient (Wildman–Crippen LogP) is 3.98. The number of rotatable bonds is 6. The first-order valence-corrected chi connectivity index (χ1v) is 9.95. The third kappa shape index (κ3) is 6.80. The van der Waals surface area contributed by atoms with Gasteiger partial charge in [0.1, 0.15) is 11.6 Å². The van der Waals surface area contributed by atoms with Gasteiger partial charge >= 0.3 is 0 Å². The Morgan fingerprint density at radius 3 is 2.40 bits per heavy atom. The molecule has 2 N–H and O–H groups in total. The molecule has 1 aliphatic heterocycles. The van der Waals surface area contributed by atoms with Gasteiger partial charge in [0.2, 0.25) is 0 Å². The molecule has 0 saturated carbocycles. The molecule has 1 saturated heterocycles. The molecule has 0 atom stereocenters. The Hall–Kier alpha value is -1.94. The Morgan fingerprint density at radius 2 is 1.73 bits per heavy atom. The second-order valence-corrected chi connectivity index (χ2v) is 7.02. The summed E-state index contributed by atoms with van der Waals surface area (Å²) in [6.07, 6.45) is 0. The van der Waals surface area contributed by atoms with E-state index in [1.54, 1.807) is 19.1 Å². The van der Waals surface area contributed by atoms with Crippen LogP contribution in [-0.2, 0) is 17.8 Å². The van der Waals surface area contributed by atoms with E-state index in [-0.39, 0.29) is 35.6 Å². The van der Waals surface area contributed by atoms with Crippen molar-refractivity contribution in [2.75, 3.05) is 37.7 Å². The Morgan fingerprint density at radius 1 is 1.03 bits per heavy atom. The summed E-state index contributed by atoms with van der Waals surface area (Å²) in [6.45, 7) is 7.83. The standard InChI is InChI=1S/C22H28F2N4O.HI/c1-3-25-22(26-14-17-5-4-16(2)19(23)12-17)27-15-18-6-7-21(20(24)13-18)28-8-10-29-11-9-28;/h4-7,12-13H,3,8-11,14-15H2,1-2H3,(H2,25,26,27);1H. The molecule has 0 unspecified atom stereocenters. The Labute approximate surface area is 193 Å². The smallest absolute Gasteiger partial charge is 0.191 e. The van der Waals surface area contributed by atoms with Gasteiger partial charge < -0.3 is 20.3 Å². The van der Waals surface area contributed by atoms with Crippen LogP contribution in [0.3, 0.4) is 0 Å². The van der Waals surface area contributed by atoms with Gasteiger partial charge in [-0.2, -0.15) is 0 Å². The number of aryl methyl sites for hydroxylation is 1. The second kappa shape index (κ2) is 12.0. The van der Waals surface area contributed by atoms with Crippen LogP contribution in [0, 0.1) is 18.6 Å². The minimum absolute atomic E-state index is 0. The predicted molar refractivity (Wildman–Crippen MR) is 128 cm³/mol. The van der Waals surface area contributed by atoms with Crippen molar-refractivity contribution < 1.29 is 13.5 Å². The lowest BCUT2D eigenvalue weighted by atomic mass is 10.1. The van der Waals surface area contributed by atoms with Gasteiger partial charge in [0.25, 0.3) is 0 Å². The molecule has 8 heteroatoms. The number of hydrogen-bond donors (Lipinski definition) is 2. The lowest BCUT2D eigenvalue weighted by Crippen LogP contribution is -2.37.